The highest BCUT2D eigenvalue weighted by Crippen LogP contribution is 2.34. The first-order chi connectivity index (χ1) is 10.2. The zero-order valence-electron chi connectivity index (χ0n) is 12.7. The van der Waals surface area contributed by atoms with Gasteiger partial charge in [-0.2, -0.15) is 0 Å². The molecule has 3 heterocycles. The number of hydrogen-bond donors (Lipinski definition) is 1. The standard InChI is InChI=1S/C15H21N5O/c1-10(2)14-13-12(18-9-19-13)4-5-20(14)8-11-6-16-15(21-3)17-7-11/h6-7,9-10,14H,4-5,8H2,1-3H3,(H,18,19). The zero-order chi connectivity index (χ0) is 14.8. The number of hydrogen-bond acceptors (Lipinski definition) is 5. The van der Waals surface area contributed by atoms with Crippen LogP contribution in [0.25, 0.3) is 0 Å². The maximum Gasteiger partial charge on any atom is 0.316 e. The number of ether oxygens (including phenoxy) is 1. The molecule has 0 spiro atoms. The lowest BCUT2D eigenvalue weighted by atomic mass is 9.93. The molecule has 6 nitrogen and oxygen atoms in total. The fourth-order valence-electron chi connectivity index (χ4n) is 3.03. The Balaban J connectivity index is 1.81. The van der Waals surface area contributed by atoms with E-state index in [1.807, 2.05) is 12.4 Å². The van der Waals surface area contributed by atoms with Gasteiger partial charge in [0.2, 0.25) is 0 Å². The number of aromatic nitrogens is 4. The molecule has 1 unspecified atom stereocenters. The van der Waals surface area contributed by atoms with Crippen LogP contribution in [-0.4, -0.2) is 38.5 Å². The quantitative estimate of drug-likeness (QED) is 0.931. The van der Waals surface area contributed by atoms with E-state index >= 15 is 0 Å². The van der Waals surface area contributed by atoms with Gasteiger partial charge in [0.25, 0.3) is 0 Å². The van der Waals surface area contributed by atoms with Crippen LogP contribution in [-0.2, 0) is 13.0 Å². The third-order valence-corrected chi connectivity index (χ3v) is 3.96. The summed E-state index contributed by atoms with van der Waals surface area (Å²) < 4.78 is 5.00. The van der Waals surface area contributed by atoms with Crippen LogP contribution < -0.4 is 4.74 Å². The van der Waals surface area contributed by atoms with Crippen molar-refractivity contribution in [3.63, 3.8) is 0 Å². The molecule has 0 radical (unpaired) electrons. The molecule has 0 amide bonds. The molecule has 0 saturated carbocycles. The lowest BCUT2D eigenvalue weighted by Crippen LogP contribution is -2.37. The van der Waals surface area contributed by atoms with Gasteiger partial charge in [-0.1, -0.05) is 13.8 Å². The van der Waals surface area contributed by atoms with Crippen LogP contribution in [0.2, 0.25) is 0 Å². The van der Waals surface area contributed by atoms with E-state index in [0.29, 0.717) is 18.0 Å². The second kappa shape index (κ2) is 5.81. The van der Waals surface area contributed by atoms with E-state index in [4.69, 9.17) is 4.74 Å². The van der Waals surface area contributed by atoms with Crippen molar-refractivity contribution in [2.24, 2.45) is 5.92 Å². The Morgan fingerprint density at radius 1 is 1.33 bits per heavy atom. The van der Waals surface area contributed by atoms with E-state index in [-0.39, 0.29) is 0 Å². The minimum atomic E-state index is 0.335. The van der Waals surface area contributed by atoms with Crippen molar-refractivity contribution in [3.8, 4) is 6.01 Å². The molecule has 1 aliphatic rings. The first-order valence-corrected chi connectivity index (χ1v) is 7.30. The minimum absolute atomic E-state index is 0.335. The molecular formula is C15H21N5O. The summed E-state index contributed by atoms with van der Waals surface area (Å²) in [5.41, 5.74) is 3.56. The van der Waals surface area contributed by atoms with E-state index in [2.05, 4.69) is 38.7 Å². The van der Waals surface area contributed by atoms with Crippen molar-refractivity contribution < 1.29 is 4.74 Å². The van der Waals surface area contributed by atoms with E-state index in [1.165, 1.54) is 11.4 Å². The van der Waals surface area contributed by atoms with Crippen LogP contribution in [0, 0.1) is 5.92 Å². The van der Waals surface area contributed by atoms with Gasteiger partial charge >= 0.3 is 6.01 Å². The Morgan fingerprint density at radius 2 is 2.10 bits per heavy atom. The Bertz CT molecular complexity index is 592. The monoisotopic (exact) mass is 287 g/mol. The van der Waals surface area contributed by atoms with E-state index in [0.717, 1.165) is 25.1 Å². The minimum Gasteiger partial charge on any atom is -0.467 e. The van der Waals surface area contributed by atoms with Crippen LogP contribution in [0.15, 0.2) is 18.7 Å². The van der Waals surface area contributed by atoms with Crippen LogP contribution in [0.5, 0.6) is 6.01 Å². The Morgan fingerprint density at radius 3 is 2.76 bits per heavy atom. The highest BCUT2D eigenvalue weighted by Gasteiger charge is 2.31. The third-order valence-electron chi connectivity index (χ3n) is 3.96. The van der Waals surface area contributed by atoms with Crippen LogP contribution in [0.4, 0.5) is 0 Å². The van der Waals surface area contributed by atoms with Gasteiger partial charge in [0.1, 0.15) is 0 Å². The fourth-order valence-corrected chi connectivity index (χ4v) is 3.03. The number of aromatic amines is 1. The molecule has 1 N–H and O–H groups in total. The normalized spacial score (nSPS) is 18.8. The molecule has 3 rings (SSSR count). The summed E-state index contributed by atoms with van der Waals surface area (Å²) in [6.45, 7) is 6.33. The number of H-pyrrole nitrogens is 1. The van der Waals surface area contributed by atoms with Crippen molar-refractivity contribution in [2.75, 3.05) is 13.7 Å². The lowest BCUT2D eigenvalue weighted by Gasteiger charge is -2.37. The fraction of sp³-hybridized carbons (Fsp3) is 0.533. The molecule has 0 aromatic carbocycles. The van der Waals surface area contributed by atoms with Crippen molar-refractivity contribution in [1.29, 1.82) is 0 Å². The summed E-state index contributed by atoms with van der Waals surface area (Å²) >= 11 is 0. The zero-order valence-corrected chi connectivity index (χ0v) is 12.7. The molecule has 112 valence electrons. The summed E-state index contributed by atoms with van der Waals surface area (Å²) in [7, 11) is 1.58. The van der Waals surface area contributed by atoms with Gasteiger partial charge < -0.3 is 9.72 Å². The van der Waals surface area contributed by atoms with Crippen LogP contribution in [0.3, 0.4) is 0 Å². The van der Waals surface area contributed by atoms with E-state index in [9.17, 15) is 0 Å². The van der Waals surface area contributed by atoms with Gasteiger partial charge in [-0.3, -0.25) is 4.90 Å². The number of nitrogens with one attached hydrogen (secondary N) is 1. The molecule has 1 atom stereocenters. The average molecular weight is 287 g/mol. The average Bonchev–Trinajstić information content (AvgIpc) is 2.95. The van der Waals surface area contributed by atoms with Gasteiger partial charge in [0.15, 0.2) is 0 Å². The summed E-state index contributed by atoms with van der Waals surface area (Å²) in [4.78, 5) is 18.6. The van der Waals surface area contributed by atoms with Crippen molar-refractivity contribution >= 4 is 0 Å². The molecular weight excluding hydrogens is 266 g/mol. The predicted molar refractivity (Wildman–Crippen MR) is 78.9 cm³/mol. The first kappa shape index (κ1) is 14.0. The highest BCUT2D eigenvalue weighted by molar-refractivity contribution is 5.21. The van der Waals surface area contributed by atoms with Gasteiger partial charge in [0, 0.05) is 43.2 Å². The number of nitrogens with zero attached hydrogens (tertiary/aromatic N) is 4. The largest absolute Gasteiger partial charge is 0.467 e. The molecule has 2 aromatic rings. The van der Waals surface area contributed by atoms with Crippen LogP contribution >= 0.6 is 0 Å². The smallest absolute Gasteiger partial charge is 0.316 e. The van der Waals surface area contributed by atoms with Crippen molar-refractivity contribution in [2.45, 2.75) is 32.9 Å². The van der Waals surface area contributed by atoms with Crippen molar-refractivity contribution in [1.82, 2.24) is 24.8 Å². The lowest BCUT2D eigenvalue weighted by molar-refractivity contribution is 0.131. The Hall–Kier alpha value is -1.95. The van der Waals surface area contributed by atoms with Gasteiger partial charge in [-0.05, 0) is 5.92 Å². The molecule has 1 aliphatic heterocycles. The van der Waals surface area contributed by atoms with Gasteiger partial charge in [-0.25, -0.2) is 15.0 Å². The summed E-state index contributed by atoms with van der Waals surface area (Å²) in [6, 6.07) is 0.745. The molecule has 0 saturated heterocycles. The topological polar surface area (TPSA) is 66.9 Å². The molecule has 0 aliphatic carbocycles. The maximum atomic E-state index is 5.00. The van der Waals surface area contributed by atoms with Crippen LogP contribution in [0.1, 0.15) is 36.8 Å². The van der Waals surface area contributed by atoms with Gasteiger partial charge in [-0.15, -0.1) is 0 Å². The summed E-state index contributed by atoms with van der Waals surface area (Å²) in [6.07, 6.45) is 6.49. The first-order valence-electron chi connectivity index (χ1n) is 7.30. The summed E-state index contributed by atoms with van der Waals surface area (Å²) in [5.74, 6) is 0.506. The Kier molecular flexibility index (Phi) is 3.88. The van der Waals surface area contributed by atoms with E-state index in [1.54, 1.807) is 13.4 Å². The maximum absolute atomic E-state index is 5.00. The molecule has 0 bridgehead atoms. The Labute approximate surface area is 124 Å². The molecule has 2 aromatic heterocycles. The second-order valence-corrected chi connectivity index (χ2v) is 5.75. The van der Waals surface area contributed by atoms with Gasteiger partial charge in [0.05, 0.1) is 25.2 Å². The molecule has 6 heteroatoms. The number of rotatable bonds is 4. The number of fused-ring (bicyclic) bond motifs is 1. The molecule has 0 fully saturated rings. The molecule has 21 heavy (non-hydrogen) atoms. The SMILES string of the molecule is COc1ncc(CN2CCc3[nH]cnc3C2C(C)C)cn1. The van der Waals surface area contributed by atoms with E-state index < -0.39 is 0 Å². The van der Waals surface area contributed by atoms with Crippen molar-refractivity contribution in [3.05, 3.63) is 35.7 Å². The number of imidazole rings is 1. The highest BCUT2D eigenvalue weighted by atomic mass is 16.5. The summed E-state index contributed by atoms with van der Waals surface area (Å²) in [5, 5.41) is 0. The third kappa shape index (κ3) is 2.76. The predicted octanol–water partition coefficient (Wildman–Crippen LogP) is 1.96. The number of methoxy groups -OCH3 is 1. The second-order valence-electron chi connectivity index (χ2n) is 5.75.